The minimum atomic E-state index is -0.144. The molecule has 1 aliphatic rings. The summed E-state index contributed by atoms with van der Waals surface area (Å²) in [5.74, 6) is 0.740. The zero-order chi connectivity index (χ0) is 21.8. The van der Waals surface area contributed by atoms with Crippen LogP contribution in [0.3, 0.4) is 0 Å². The molecule has 1 amide bonds. The molecule has 162 valence electrons. The van der Waals surface area contributed by atoms with Gasteiger partial charge in [0.05, 0.1) is 30.2 Å². The van der Waals surface area contributed by atoms with Crippen molar-refractivity contribution in [2.75, 3.05) is 43.4 Å². The molecule has 1 aliphatic heterocycles. The highest BCUT2D eigenvalue weighted by molar-refractivity contribution is 6.31. The number of para-hydroxylation sites is 2. The first-order chi connectivity index (χ1) is 15.0. The maximum atomic E-state index is 12.7. The summed E-state index contributed by atoms with van der Waals surface area (Å²) < 4.78 is 7.75. The third-order valence-corrected chi connectivity index (χ3v) is 5.37. The van der Waals surface area contributed by atoms with E-state index in [9.17, 15) is 4.79 Å². The monoisotopic (exact) mass is 440 g/mol. The lowest BCUT2D eigenvalue weighted by atomic mass is 10.2. The molecule has 0 unspecified atom stereocenters. The Kier molecular flexibility index (Phi) is 6.39. The van der Waals surface area contributed by atoms with Crippen molar-refractivity contribution in [1.82, 2.24) is 19.7 Å². The van der Waals surface area contributed by atoms with Crippen LogP contribution < -0.4 is 15.0 Å². The van der Waals surface area contributed by atoms with Crippen LogP contribution in [0.5, 0.6) is 5.75 Å². The van der Waals surface area contributed by atoms with E-state index in [1.807, 2.05) is 30.1 Å². The molecule has 1 aromatic heterocycles. The number of carbonyl (C=O) groups excluding carboxylic acids is 1. The number of hydrogen-bond donors (Lipinski definition) is 1. The molecule has 0 spiro atoms. The van der Waals surface area contributed by atoms with Crippen molar-refractivity contribution in [2.45, 2.75) is 13.0 Å². The average molecular weight is 441 g/mol. The number of amides is 1. The van der Waals surface area contributed by atoms with Crippen LogP contribution in [0.1, 0.15) is 6.92 Å². The zero-order valence-corrected chi connectivity index (χ0v) is 18.3. The summed E-state index contributed by atoms with van der Waals surface area (Å²) in [7, 11) is 1.91. The van der Waals surface area contributed by atoms with Gasteiger partial charge in [-0.2, -0.15) is 5.10 Å². The van der Waals surface area contributed by atoms with Gasteiger partial charge in [-0.3, -0.25) is 9.69 Å². The number of fused-ring (bicyclic) bond motifs is 1. The fourth-order valence-electron chi connectivity index (χ4n) is 3.76. The largest absolute Gasteiger partial charge is 0.485 e. The smallest absolute Gasteiger partial charge is 0.238 e. The zero-order valence-electron chi connectivity index (χ0n) is 17.5. The van der Waals surface area contributed by atoms with Gasteiger partial charge in [-0.25, -0.2) is 9.67 Å². The highest BCUT2D eigenvalue weighted by Crippen LogP contribution is 2.32. The first-order valence-electron chi connectivity index (χ1n) is 10.2. The molecule has 0 fully saturated rings. The normalized spacial score (nSPS) is 15.5. The predicted octanol–water partition coefficient (Wildman–Crippen LogP) is 3.08. The second kappa shape index (κ2) is 9.36. The van der Waals surface area contributed by atoms with Crippen LogP contribution in [0.25, 0.3) is 5.69 Å². The number of carbonyl (C=O) groups is 1. The van der Waals surface area contributed by atoms with Crippen LogP contribution in [0.2, 0.25) is 5.02 Å². The summed E-state index contributed by atoms with van der Waals surface area (Å²) >= 11 is 6.14. The molecule has 1 atom stereocenters. The number of rotatable bonds is 7. The van der Waals surface area contributed by atoms with Crippen LogP contribution in [-0.4, -0.2) is 64.9 Å². The van der Waals surface area contributed by atoms with E-state index in [2.05, 4.69) is 33.3 Å². The molecule has 1 N–H and O–H groups in total. The molecule has 2 heterocycles. The molecule has 0 saturated heterocycles. The van der Waals surface area contributed by atoms with Crippen molar-refractivity contribution < 1.29 is 9.53 Å². The highest BCUT2D eigenvalue weighted by atomic mass is 35.5. The van der Waals surface area contributed by atoms with Crippen molar-refractivity contribution in [2.24, 2.45) is 0 Å². The molecule has 0 radical (unpaired) electrons. The van der Waals surface area contributed by atoms with E-state index < -0.39 is 0 Å². The van der Waals surface area contributed by atoms with Gasteiger partial charge in [0, 0.05) is 18.1 Å². The number of benzene rings is 2. The molecule has 9 heteroatoms. The first kappa shape index (κ1) is 21.1. The molecule has 2 aromatic carbocycles. The van der Waals surface area contributed by atoms with Gasteiger partial charge in [0.2, 0.25) is 5.91 Å². The Bertz CT molecular complexity index is 1040. The highest BCUT2D eigenvalue weighted by Gasteiger charge is 2.26. The van der Waals surface area contributed by atoms with Gasteiger partial charge in [0.1, 0.15) is 24.5 Å². The Hall–Kier alpha value is -3.10. The lowest BCUT2D eigenvalue weighted by molar-refractivity contribution is -0.117. The van der Waals surface area contributed by atoms with Gasteiger partial charge in [-0.1, -0.05) is 23.7 Å². The second-order valence-electron chi connectivity index (χ2n) is 7.49. The maximum Gasteiger partial charge on any atom is 0.238 e. The number of nitrogens with one attached hydrogen (secondary N) is 1. The number of aromatic nitrogens is 3. The second-order valence-corrected chi connectivity index (χ2v) is 7.93. The van der Waals surface area contributed by atoms with Crippen LogP contribution in [0.15, 0.2) is 55.1 Å². The van der Waals surface area contributed by atoms with Gasteiger partial charge < -0.3 is 15.0 Å². The van der Waals surface area contributed by atoms with Gasteiger partial charge >= 0.3 is 0 Å². The average Bonchev–Trinajstić information content (AvgIpc) is 3.27. The van der Waals surface area contributed by atoms with Crippen molar-refractivity contribution in [1.29, 1.82) is 0 Å². The molecule has 0 saturated carbocycles. The van der Waals surface area contributed by atoms with Crippen LogP contribution >= 0.6 is 11.6 Å². The molecule has 0 bridgehead atoms. The standard InChI is InChI=1S/C22H25ClN6O2/c1-3-28-12-17(31-21-7-5-4-6-20(21)28)11-27(2)13-22(30)26-18-10-16(23)8-9-19(18)29-15-24-14-25-29/h4-10,14-15,17H,3,11-13H2,1-2H3,(H,26,30)/t17-/m0/s1. The van der Waals surface area contributed by atoms with Gasteiger partial charge in [-0.05, 0) is 44.3 Å². The minimum absolute atomic E-state index is 0.0236. The van der Waals surface area contributed by atoms with Crippen molar-refractivity contribution >= 4 is 28.9 Å². The molecule has 8 nitrogen and oxygen atoms in total. The summed E-state index contributed by atoms with van der Waals surface area (Å²) in [6, 6.07) is 13.3. The van der Waals surface area contributed by atoms with Gasteiger partial charge in [-0.15, -0.1) is 0 Å². The lowest BCUT2D eigenvalue weighted by Crippen LogP contribution is -2.46. The first-order valence-corrected chi connectivity index (χ1v) is 10.5. The Morgan fingerprint density at radius 3 is 2.90 bits per heavy atom. The van der Waals surface area contributed by atoms with E-state index in [1.165, 1.54) is 6.33 Å². The number of hydrogen-bond acceptors (Lipinski definition) is 6. The number of nitrogens with zero attached hydrogens (tertiary/aromatic N) is 5. The van der Waals surface area contributed by atoms with Crippen LogP contribution in [-0.2, 0) is 4.79 Å². The summed E-state index contributed by atoms with van der Waals surface area (Å²) in [6.45, 7) is 4.67. The SMILES string of the molecule is CCN1C[C@H](CN(C)CC(=O)Nc2cc(Cl)ccc2-n2cncn2)Oc2ccccc21. The van der Waals surface area contributed by atoms with Crippen molar-refractivity contribution in [3.05, 3.63) is 60.1 Å². The Balaban J connectivity index is 1.38. The van der Waals surface area contributed by atoms with E-state index in [4.69, 9.17) is 16.3 Å². The molecule has 0 aliphatic carbocycles. The number of likely N-dealkylation sites (N-methyl/N-ethyl adjacent to an activating group) is 2. The summed E-state index contributed by atoms with van der Waals surface area (Å²) in [4.78, 5) is 20.9. The molecular weight excluding hydrogens is 416 g/mol. The number of ether oxygens (including phenoxy) is 1. The van der Waals surface area contributed by atoms with Crippen molar-refractivity contribution in [3.63, 3.8) is 0 Å². The molecule has 3 aromatic rings. The molecule has 4 rings (SSSR count). The van der Waals surface area contributed by atoms with Crippen LogP contribution in [0, 0.1) is 0 Å². The maximum absolute atomic E-state index is 12.7. The Morgan fingerprint density at radius 1 is 1.29 bits per heavy atom. The van der Waals surface area contributed by atoms with Gasteiger partial charge in [0.15, 0.2) is 0 Å². The van der Waals surface area contributed by atoms with E-state index in [-0.39, 0.29) is 18.6 Å². The summed E-state index contributed by atoms with van der Waals surface area (Å²) in [6.07, 6.45) is 2.99. The summed E-state index contributed by atoms with van der Waals surface area (Å²) in [5, 5.41) is 7.60. The van der Waals surface area contributed by atoms with Gasteiger partial charge in [0.25, 0.3) is 0 Å². The number of anilines is 2. The van der Waals surface area contributed by atoms with Crippen molar-refractivity contribution in [3.8, 4) is 11.4 Å². The lowest BCUT2D eigenvalue weighted by Gasteiger charge is -2.37. The Labute approximate surface area is 186 Å². The fourth-order valence-corrected chi connectivity index (χ4v) is 3.93. The predicted molar refractivity (Wildman–Crippen MR) is 121 cm³/mol. The fraction of sp³-hybridized carbons (Fsp3) is 0.318. The van der Waals surface area contributed by atoms with E-state index in [0.717, 1.165) is 24.5 Å². The molecule has 31 heavy (non-hydrogen) atoms. The molecular formula is C22H25ClN6O2. The summed E-state index contributed by atoms with van der Waals surface area (Å²) in [5.41, 5.74) is 2.39. The van der Waals surface area contributed by atoms with Crippen LogP contribution in [0.4, 0.5) is 11.4 Å². The topological polar surface area (TPSA) is 75.5 Å². The van der Waals surface area contributed by atoms with E-state index in [1.54, 1.807) is 29.2 Å². The minimum Gasteiger partial charge on any atom is -0.485 e. The quantitative estimate of drug-likeness (QED) is 0.608. The number of halogens is 1. The van der Waals surface area contributed by atoms with E-state index >= 15 is 0 Å². The Morgan fingerprint density at radius 2 is 2.13 bits per heavy atom. The third-order valence-electron chi connectivity index (χ3n) is 5.13. The third kappa shape index (κ3) is 4.98. The van der Waals surface area contributed by atoms with E-state index in [0.29, 0.717) is 22.9 Å².